The van der Waals surface area contributed by atoms with E-state index in [1.54, 1.807) is 16.7 Å². The van der Waals surface area contributed by atoms with Gasteiger partial charge in [0.2, 0.25) is 0 Å². The summed E-state index contributed by atoms with van der Waals surface area (Å²) in [7, 11) is 0. The van der Waals surface area contributed by atoms with Crippen LogP contribution < -0.4 is 16.8 Å². The third kappa shape index (κ3) is 2.29. The van der Waals surface area contributed by atoms with Crippen molar-refractivity contribution in [1.82, 2.24) is 4.57 Å². The summed E-state index contributed by atoms with van der Waals surface area (Å²) in [5.74, 6) is 5.38. The van der Waals surface area contributed by atoms with Crippen LogP contribution in [0.5, 0.6) is 0 Å². The van der Waals surface area contributed by atoms with Gasteiger partial charge in [0.15, 0.2) is 0 Å². The molecule has 0 fully saturated rings. The molecule has 20 heavy (non-hydrogen) atoms. The minimum absolute atomic E-state index is 0.00919. The maximum atomic E-state index is 12.4. The van der Waals surface area contributed by atoms with Crippen LogP contribution in [-0.2, 0) is 6.54 Å². The van der Waals surface area contributed by atoms with E-state index < -0.39 is 0 Å². The molecule has 0 bridgehead atoms. The number of fused-ring (bicyclic) bond motifs is 1. The first-order valence-corrected chi connectivity index (χ1v) is 6.42. The smallest absolute Gasteiger partial charge is 0.258 e. The summed E-state index contributed by atoms with van der Waals surface area (Å²) in [5, 5.41) is 1.58. The number of nitrogen functional groups attached to an aromatic ring is 1. The molecule has 0 saturated carbocycles. The van der Waals surface area contributed by atoms with Crippen LogP contribution >= 0.6 is 0 Å². The molecule has 0 atom stereocenters. The Morgan fingerprint density at radius 2 is 1.85 bits per heavy atom. The van der Waals surface area contributed by atoms with E-state index in [9.17, 15) is 4.79 Å². The quantitative estimate of drug-likeness (QED) is 0.564. The van der Waals surface area contributed by atoms with Crippen LogP contribution in [0.1, 0.15) is 5.56 Å². The zero-order valence-corrected chi connectivity index (χ0v) is 10.9. The van der Waals surface area contributed by atoms with Crippen LogP contribution in [0.2, 0.25) is 0 Å². The molecule has 4 nitrogen and oxygen atoms in total. The van der Waals surface area contributed by atoms with Crippen molar-refractivity contribution in [3.8, 4) is 0 Å². The number of nitrogens with zero attached hydrogens (tertiary/aromatic N) is 1. The van der Waals surface area contributed by atoms with Gasteiger partial charge in [0, 0.05) is 17.3 Å². The SMILES string of the molecule is NNc1ccc2c(=O)n(Cc3ccccc3)ccc2c1. The summed E-state index contributed by atoms with van der Waals surface area (Å²) >= 11 is 0. The average molecular weight is 265 g/mol. The van der Waals surface area contributed by atoms with Crippen molar-refractivity contribution >= 4 is 16.5 Å². The molecule has 1 heterocycles. The van der Waals surface area contributed by atoms with Gasteiger partial charge in [-0.3, -0.25) is 10.6 Å². The molecule has 0 radical (unpaired) electrons. The van der Waals surface area contributed by atoms with E-state index in [0.717, 1.165) is 16.6 Å². The summed E-state index contributed by atoms with van der Waals surface area (Å²) in [6.07, 6.45) is 1.82. The second-order valence-electron chi connectivity index (χ2n) is 4.68. The molecule has 0 spiro atoms. The largest absolute Gasteiger partial charge is 0.324 e. The fraction of sp³-hybridized carbons (Fsp3) is 0.0625. The van der Waals surface area contributed by atoms with Crippen LogP contribution in [0.15, 0.2) is 65.6 Å². The topological polar surface area (TPSA) is 60.0 Å². The Kier molecular flexibility index (Phi) is 3.23. The maximum Gasteiger partial charge on any atom is 0.258 e. The molecule has 0 unspecified atom stereocenters. The van der Waals surface area contributed by atoms with Gasteiger partial charge in [-0.2, -0.15) is 0 Å². The lowest BCUT2D eigenvalue weighted by molar-refractivity contribution is 0.768. The highest BCUT2D eigenvalue weighted by molar-refractivity contribution is 5.84. The molecule has 3 aromatic rings. The van der Waals surface area contributed by atoms with Gasteiger partial charge >= 0.3 is 0 Å². The summed E-state index contributed by atoms with van der Waals surface area (Å²) in [4.78, 5) is 12.4. The summed E-state index contributed by atoms with van der Waals surface area (Å²) in [6.45, 7) is 0.576. The Bertz CT molecular complexity index is 794. The molecule has 3 rings (SSSR count). The van der Waals surface area contributed by atoms with Gasteiger partial charge in [-0.25, -0.2) is 0 Å². The van der Waals surface area contributed by atoms with Crippen LogP contribution in [0.4, 0.5) is 5.69 Å². The fourth-order valence-corrected chi connectivity index (χ4v) is 2.28. The highest BCUT2D eigenvalue weighted by atomic mass is 16.1. The number of anilines is 1. The highest BCUT2D eigenvalue weighted by Gasteiger charge is 2.04. The van der Waals surface area contributed by atoms with E-state index in [2.05, 4.69) is 5.43 Å². The Balaban J connectivity index is 2.05. The van der Waals surface area contributed by atoms with Gasteiger partial charge in [0.1, 0.15) is 0 Å². The van der Waals surface area contributed by atoms with Crippen LogP contribution in [0, 0.1) is 0 Å². The summed E-state index contributed by atoms with van der Waals surface area (Å²) in [6, 6.07) is 17.3. The first kappa shape index (κ1) is 12.4. The second kappa shape index (κ2) is 5.19. The zero-order valence-electron chi connectivity index (χ0n) is 10.9. The van der Waals surface area contributed by atoms with Crippen LogP contribution in [0.3, 0.4) is 0 Å². The van der Waals surface area contributed by atoms with E-state index in [4.69, 9.17) is 5.84 Å². The van der Waals surface area contributed by atoms with Gasteiger partial charge < -0.3 is 9.99 Å². The summed E-state index contributed by atoms with van der Waals surface area (Å²) in [5.41, 5.74) is 4.49. The van der Waals surface area contributed by atoms with Gasteiger partial charge in [-0.05, 0) is 35.2 Å². The Hall–Kier alpha value is -2.59. The molecule has 1 aromatic heterocycles. The molecule has 0 aliphatic rings. The monoisotopic (exact) mass is 265 g/mol. The molecule has 2 aromatic carbocycles. The van der Waals surface area contributed by atoms with Crippen molar-refractivity contribution in [2.75, 3.05) is 5.43 Å². The van der Waals surface area contributed by atoms with E-state index in [0.29, 0.717) is 11.9 Å². The van der Waals surface area contributed by atoms with E-state index in [1.165, 1.54) is 0 Å². The van der Waals surface area contributed by atoms with E-state index in [-0.39, 0.29) is 5.56 Å². The molecule has 3 N–H and O–H groups in total. The van der Waals surface area contributed by atoms with Crippen molar-refractivity contribution in [3.05, 3.63) is 76.7 Å². The Morgan fingerprint density at radius 3 is 2.60 bits per heavy atom. The molecule has 100 valence electrons. The number of nitrogens with one attached hydrogen (secondary N) is 1. The Labute approximate surface area is 116 Å². The second-order valence-corrected chi connectivity index (χ2v) is 4.68. The molecule has 0 aliphatic heterocycles. The van der Waals surface area contributed by atoms with Gasteiger partial charge in [0.05, 0.1) is 6.54 Å². The maximum absolute atomic E-state index is 12.4. The van der Waals surface area contributed by atoms with Gasteiger partial charge in [-0.15, -0.1) is 0 Å². The molecule has 0 saturated heterocycles. The van der Waals surface area contributed by atoms with E-state index >= 15 is 0 Å². The van der Waals surface area contributed by atoms with Gasteiger partial charge in [-0.1, -0.05) is 30.3 Å². The number of hydrogen-bond donors (Lipinski definition) is 2. The molecular formula is C16H15N3O. The zero-order chi connectivity index (χ0) is 13.9. The van der Waals surface area contributed by atoms with Crippen molar-refractivity contribution in [3.63, 3.8) is 0 Å². The predicted octanol–water partition coefficient (Wildman–Crippen LogP) is 2.34. The lowest BCUT2D eigenvalue weighted by Crippen LogP contribution is -2.20. The number of benzene rings is 2. The van der Waals surface area contributed by atoms with Crippen LogP contribution in [0.25, 0.3) is 10.8 Å². The lowest BCUT2D eigenvalue weighted by Gasteiger charge is -2.08. The molecular weight excluding hydrogens is 250 g/mol. The normalized spacial score (nSPS) is 10.7. The standard InChI is InChI=1S/C16H15N3O/c17-18-14-6-7-15-13(10-14)8-9-19(16(15)20)11-12-4-2-1-3-5-12/h1-10,18H,11,17H2. The number of aromatic nitrogens is 1. The minimum Gasteiger partial charge on any atom is -0.324 e. The van der Waals surface area contributed by atoms with Crippen molar-refractivity contribution in [2.24, 2.45) is 5.84 Å². The first-order chi connectivity index (χ1) is 9.78. The predicted molar refractivity (Wildman–Crippen MR) is 81.6 cm³/mol. The van der Waals surface area contributed by atoms with Crippen LogP contribution in [-0.4, -0.2) is 4.57 Å². The van der Waals surface area contributed by atoms with Crippen molar-refractivity contribution < 1.29 is 0 Å². The highest BCUT2D eigenvalue weighted by Crippen LogP contribution is 2.15. The number of nitrogens with two attached hydrogens (primary N) is 1. The number of hydrogen-bond acceptors (Lipinski definition) is 3. The van der Waals surface area contributed by atoms with E-state index in [1.807, 2.05) is 48.7 Å². The number of pyridine rings is 1. The van der Waals surface area contributed by atoms with Gasteiger partial charge in [0.25, 0.3) is 5.56 Å². The lowest BCUT2D eigenvalue weighted by atomic mass is 10.1. The molecule has 4 heteroatoms. The number of hydrazine groups is 1. The Morgan fingerprint density at radius 1 is 1.05 bits per heavy atom. The minimum atomic E-state index is 0.00919. The van der Waals surface area contributed by atoms with Crippen molar-refractivity contribution in [1.29, 1.82) is 0 Å². The number of rotatable bonds is 3. The molecule has 0 amide bonds. The fourth-order valence-electron chi connectivity index (χ4n) is 2.28. The average Bonchev–Trinajstić information content (AvgIpc) is 2.51. The summed E-state index contributed by atoms with van der Waals surface area (Å²) < 4.78 is 1.72. The third-order valence-electron chi connectivity index (χ3n) is 3.34. The van der Waals surface area contributed by atoms with Crippen molar-refractivity contribution in [2.45, 2.75) is 6.54 Å². The molecule has 0 aliphatic carbocycles. The third-order valence-corrected chi connectivity index (χ3v) is 3.34. The first-order valence-electron chi connectivity index (χ1n) is 6.42.